The Morgan fingerprint density at radius 2 is 1.80 bits per heavy atom. The Morgan fingerprint density at radius 1 is 1.04 bits per heavy atom. The van der Waals surface area contributed by atoms with E-state index in [1.54, 1.807) is 30.3 Å². The van der Waals surface area contributed by atoms with Crippen molar-refractivity contribution in [3.05, 3.63) is 46.7 Å². The number of carbonyl (C=O) groups excluding carboxylic acids is 2. The highest BCUT2D eigenvalue weighted by Gasteiger charge is 2.10. The van der Waals surface area contributed by atoms with Gasteiger partial charge in [-0.3, -0.25) is 14.4 Å². The number of Topliss-reactive ketones (excluding diaryl/α,β-unsaturated/α-hetero) is 1. The number of amides is 1. The van der Waals surface area contributed by atoms with Crippen LogP contribution in [0.4, 0.5) is 5.69 Å². The maximum atomic E-state index is 11.9. The van der Waals surface area contributed by atoms with Crippen LogP contribution in [-0.2, 0) is 9.59 Å². The molecule has 2 rings (SSSR count). The Morgan fingerprint density at radius 3 is 2.44 bits per heavy atom. The van der Waals surface area contributed by atoms with Gasteiger partial charge in [-0.05, 0) is 42.1 Å². The van der Waals surface area contributed by atoms with Crippen molar-refractivity contribution in [3.8, 4) is 5.75 Å². The van der Waals surface area contributed by atoms with E-state index in [2.05, 4.69) is 5.32 Å². The fourth-order valence-corrected chi connectivity index (χ4v) is 2.75. The summed E-state index contributed by atoms with van der Waals surface area (Å²) in [5.41, 5.74) is 0.617. The van der Waals surface area contributed by atoms with E-state index in [0.29, 0.717) is 29.3 Å². The highest BCUT2D eigenvalue weighted by Crippen LogP contribution is 2.17. The molecule has 0 atom stereocenters. The molecule has 0 aliphatic rings. The molecule has 0 spiro atoms. The van der Waals surface area contributed by atoms with E-state index in [0.717, 1.165) is 0 Å². The van der Waals surface area contributed by atoms with Gasteiger partial charge in [-0.25, -0.2) is 0 Å². The molecule has 0 fully saturated rings. The minimum atomic E-state index is -0.848. The van der Waals surface area contributed by atoms with Gasteiger partial charge < -0.3 is 15.2 Å². The third-order valence-electron chi connectivity index (χ3n) is 3.32. The summed E-state index contributed by atoms with van der Waals surface area (Å²) in [6, 6.07) is 10.4. The number of nitrogens with one attached hydrogen (secondary N) is 1. The second kappa shape index (κ2) is 9.58. The van der Waals surface area contributed by atoms with Crippen LogP contribution in [0.1, 0.15) is 35.4 Å². The molecular weight excluding hydrogens is 342 g/mol. The van der Waals surface area contributed by atoms with Gasteiger partial charge >= 0.3 is 5.97 Å². The lowest BCUT2D eigenvalue weighted by Crippen LogP contribution is -2.13. The lowest BCUT2D eigenvalue weighted by molar-refractivity contribution is -0.137. The molecule has 1 aromatic heterocycles. The Labute approximate surface area is 149 Å². The fourth-order valence-electron chi connectivity index (χ4n) is 2.06. The standard InChI is InChI=1S/C18H19NO5S/c20-15(16-3-2-12-25-16)9-10-17(21)19-13-5-7-14(8-6-13)24-11-1-4-18(22)23/h2-3,5-8,12H,1,4,9-11H2,(H,19,21)(H,22,23). The molecule has 6 nitrogen and oxygen atoms in total. The summed E-state index contributed by atoms with van der Waals surface area (Å²) in [5, 5.41) is 13.1. The molecule has 1 heterocycles. The van der Waals surface area contributed by atoms with Crippen molar-refractivity contribution in [2.24, 2.45) is 0 Å². The molecule has 0 radical (unpaired) electrons. The van der Waals surface area contributed by atoms with Crippen LogP contribution < -0.4 is 10.1 Å². The molecule has 0 aliphatic carbocycles. The van der Waals surface area contributed by atoms with Crippen LogP contribution in [0.2, 0.25) is 0 Å². The smallest absolute Gasteiger partial charge is 0.303 e. The number of aliphatic carboxylic acids is 1. The third-order valence-corrected chi connectivity index (χ3v) is 4.23. The van der Waals surface area contributed by atoms with Crippen molar-refractivity contribution in [1.82, 2.24) is 0 Å². The van der Waals surface area contributed by atoms with Crippen LogP contribution in [0.15, 0.2) is 41.8 Å². The van der Waals surface area contributed by atoms with E-state index in [-0.39, 0.29) is 31.0 Å². The lowest BCUT2D eigenvalue weighted by atomic mass is 10.2. The zero-order chi connectivity index (χ0) is 18.1. The first kappa shape index (κ1) is 18.7. The summed E-state index contributed by atoms with van der Waals surface area (Å²) in [6.45, 7) is 0.322. The molecular formula is C18H19NO5S. The topological polar surface area (TPSA) is 92.7 Å². The van der Waals surface area contributed by atoms with Crippen LogP contribution >= 0.6 is 11.3 Å². The molecule has 0 saturated heterocycles. The van der Waals surface area contributed by atoms with Crippen molar-refractivity contribution >= 4 is 34.7 Å². The van der Waals surface area contributed by atoms with Crippen LogP contribution in [0.25, 0.3) is 0 Å². The van der Waals surface area contributed by atoms with E-state index < -0.39 is 5.97 Å². The average Bonchev–Trinajstić information content (AvgIpc) is 3.12. The van der Waals surface area contributed by atoms with E-state index in [4.69, 9.17) is 9.84 Å². The normalized spacial score (nSPS) is 10.2. The summed E-state index contributed by atoms with van der Waals surface area (Å²) >= 11 is 1.37. The minimum absolute atomic E-state index is 0.0322. The van der Waals surface area contributed by atoms with Gasteiger partial charge in [0.05, 0.1) is 11.5 Å². The predicted molar refractivity (Wildman–Crippen MR) is 95.3 cm³/mol. The number of anilines is 1. The highest BCUT2D eigenvalue weighted by atomic mass is 32.1. The first-order valence-electron chi connectivity index (χ1n) is 7.86. The summed E-state index contributed by atoms with van der Waals surface area (Å²) in [6.07, 6.45) is 0.811. The Bertz CT molecular complexity index is 710. The number of hydrogen-bond acceptors (Lipinski definition) is 5. The van der Waals surface area contributed by atoms with Crippen LogP contribution in [0.3, 0.4) is 0 Å². The van der Waals surface area contributed by atoms with Gasteiger partial charge in [0.25, 0.3) is 0 Å². The Balaban J connectivity index is 1.71. The van der Waals surface area contributed by atoms with E-state index in [1.165, 1.54) is 11.3 Å². The number of ether oxygens (including phenoxy) is 1. The average molecular weight is 361 g/mol. The molecule has 1 amide bonds. The van der Waals surface area contributed by atoms with Gasteiger partial charge in [-0.1, -0.05) is 6.07 Å². The molecule has 1 aromatic carbocycles. The molecule has 0 saturated carbocycles. The third kappa shape index (κ3) is 6.76. The number of ketones is 1. The molecule has 132 valence electrons. The molecule has 0 unspecified atom stereocenters. The van der Waals surface area contributed by atoms with Crippen molar-refractivity contribution in [3.63, 3.8) is 0 Å². The number of thiophene rings is 1. The van der Waals surface area contributed by atoms with Crippen molar-refractivity contribution in [1.29, 1.82) is 0 Å². The number of carboxylic acid groups (broad SMARTS) is 1. The zero-order valence-corrected chi connectivity index (χ0v) is 14.4. The van der Waals surface area contributed by atoms with Crippen molar-refractivity contribution in [2.45, 2.75) is 25.7 Å². The molecule has 25 heavy (non-hydrogen) atoms. The summed E-state index contributed by atoms with van der Waals surface area (Å²) in [5.74, 6) is -0.495. The van der Waals surface area contributed by atoms with Gasteiger partial charge in [0.1, 0.15) is 5.75 Å². The zero-order valence-electron chi connectivity index (χ0n) is 13.6. The maximum Gasteiger partial charge on any atom is 0.303 e. The summed E-state index contributed by atoms with van der Waals surface area (Å²) in [7, 11) is 0. The summed E-state index contributed by atoms with van der Waals surface area (Å²) < 4.78 is 5.42. The second-order valence-corrected chi connectivity index (χ2v) is 6.27. The largest absolute Gasteiger partial charge is 0.494 e. The van der Waals surface area contributed by atoms with E-state index >= 15 is 0 Å². The summed E-state index contributed by atoms with van der Waals surface area (Å²) in [4.78, 5) is 34.8. The molecule has 7 heteroatoms. The number of benzene rings is 1. The lowest BCUT2D eigenvalue weighted by Gasteiger charge is -2.08. The Hall–Kier alpha value is -2.67. The van der Waals surface area contributed by atoms with Crippen molar-refractivity contribution in [2.75, 3.05) is 11.9 Å². The van der Waals surface area contributed by atoms with Crippen LogP contribution in [-0.4, -0.2) is 29.4 Å². The highest BCUT2D eigenvalue weighted by molar-refractivity contribution is 7.12. The van der Waals surface area contributed by atoms with E-state index in [9.17, 15) is 14.4 Å². The van der Waals surface area contributed by atoms with Gasteiger partial charge in [-0.2, -0.15) is 0 Å². The van der Waals surface area contributed by atoms with E-state index in [1.807, 2.05) is 11.4 Å². The van der Waals surface area contributed by atoms with Crippen LogP contribution in [0, 0.1) is 0 Å². The molecule has 0 bridgehead atoms. The predicted octanol–water partition coefficient (Wildman–Crippen LogP) is 3.59. The maximum absolute atomic E-state index is 11.9. The second-order valence-electron chi connectivity index (χ2n) is 5.32. The van der Waals surface area contributed by atoms with Gasteiger partial charge in [0.2, 0.25) is 5.91 Å². The SMILES string of the molecule is O=C(O)CCCOc1ccc(NC(=O)CCC(=O)c2cccs2)cc1. The minimum Gasteiger partial charge on any atom is -0.494 e. The number of carbonyl (C=O) groups is 3. The first-order valence-corrected chi connectivity index (χ1v) is 8.74. The monoisotopic (exact) mass is 361 g/mol. The van der Waals surface area contributed by atoms with Crippen molar-refractivity contribution < 1.29 is 24.2 Å². The van der Waals surface area contributed by atoms with Gasteiger partial charge in [0, 0.05) is 24.9 Å². The number of carboxylic acids is 1. The van der Waals surface area contributed by atoms with Gasteiger partial charge in [0.15, 0.2) is 5.78 Å². The molecule has 2 aromatic rings. The Kier molecular flexibility index (Phi) is 7.16. The quantitative estimate of drug-likeness (QED) is 0.498. The number of hydrogen-bond donors (Lipinski definition) is 2. The number of rotatable bonds is 10. The molecule has 2 N–H and O–H groups in total. The fraction of sp³-hybridized carbons (Fsp3) is 0.278. The first-order chi connectivity index (χ1) is 12.0. The van der Waals surface area contributed by atoms with Crippen LogP contribution in [0.5, 0.6) is 5.75 Å². The molecule has 0 aliphatic heterocycles. The van der Waals surface area contributed by atoms with Gasteiger partial charge in [-0.15, -0.1) is 11.3 Å².